The second-order valence-corrected chi connectivity index (χ2v) is 11.8. The van der Waals surface area contributed by atoms with Crippen LogP contribution in [0.15, 0.2) is 158 Å². The first-order valence-electron chi connectivity index (χ1n) is 15.2. The fraction of sp³-hybridized carbons (Fsp3) is 0.0233. The van der Waals surface area contributed by atoms with Crippen LogP contribution in [0.5, 0.6) is 0 Å². The Morgan fingerprint density at radius 1 is 0.400 bits per heavy atom. The molecule has 2 heteroatoms. The van der Waals surface area contributed by atoms with Crippen molar-refractivity contribution in [3.05, 3.63) is 192 Å². The standard InChI is InChI=1S/C43H26N2/c1-44-42-27-33(22-23-45-42)30-13-9-12-29(24-30)32-19-21-37-36-20-18-31(28-10-3-2-4-11-28)25-40(36)43(41(37)26-32)38-16-7-5-14-34(38)35-15-6-8-17-39(35)43/h2-27H. The third kappa shape index (κ3) is 3.65. The highest BCUT2D eigenvalue weighted by Crippen LogP contribution is 2.63. The van der Waals surface area contributed by atoms with Crippen molar-refractivity contribution >= 4 is 5.82 Å². The molecule has 0 bridgehead atoms. The molecule has 0 saturated carbocycles. The molecule has 9 rings (SSSR count). The molecular formula is C43H26N2. The summed E-state index contributed by atoms with van der Waals surface area (Å²) in [5.41, 5.74) is 16.9. The van der Waals surface area contributed by atoms with E-state index >= 15 is 0 Å². The Bertz CT molecular complexity index is 2300. The van der Waals surface area contributed by atoms with Gasteiger partial charge in [-0.1, -0.05) is 128 Å². The molecular weight excluding hydrogens is 544 g/mol. The summed E-state index contributed by atoms with van der Waals surface area (Å²) in [6, 6.07) is 55.1. The van der Waals surface area contributed by atoms with E-state index in [-0.39, 0.29) is 0 Å². The number of benzene rings is 6. The molecule has 7 aromatic rings. The Morgan fingerprint density at radius 2 is 0.889 bits per heavy atom. The number of nitrogens with zero attached hydrogens (tertiary/aromatic N) is 2. The van der Waals surface area contributed by atoms with Gasteiger partial charge in [-0.25, -0.2) is 0 Å². The number of hydrogen-bond donors (Lipinski definition) is 0. The van der Waals surface area contributed by atoms with Crippen molar-refractivity contribution in [3.63, 3.8) is 0 Å². The zero-order valence-electron chi connectivity index (χ0n) is 24.4. The maximum Gasteiger partial charge on any atom is 0.270 e. The van der Waals surface area contributed by atoms with E-state index in [1.165, 1.54) is 61.2 Å². The average molecular weight is 571 g/mol. The van der Waals surface area contributed by atoms with E-state index in [4.69, 9.17) is 6.57 Å². The molecule has 1 spiro atoms. The summed E-state index contributed by atoms with van der Waals surface area (Å²) in [4.78, 5) is 7.71. The molecule has 0 atom stereocenters. The number of aromatic nitrogens is 1. The normalized spacial score (nSPS) is 13.0. The highest BCUT2D eigenvalue weighted by molar-refractivity contribution is 5.97. The van der Waals surface area contributed by atoms with Crippen LogP contribution in [-0.2, 0) is 5.41 Å². The van der Waals surface area contributed by atoms with Gasteiger partial charge in [0.2, 0.25) is 0 Å². The monoisotopic (exact) mass is 570 g/mol. The van der Waals surface area contributed by atoms with Crippen molar-refractivity contribution in [1.29, 1.82) is 0 Å². The molecule has 2 aliphatic rings. The van der Waals surface area contributed by atoms with Crippen molar-refractivity contribution in [1.82, 2.24) is 4.98 Å². The molecule has 0 saturated heterocycles. The Hall–Kier alpha value is -6.04. The van der Waals surface area contributed by atoms with E-state index in [9.17, 15) is 0 Å². The Kier molecular flexibility index (Phi) is 5.51. The molecule has 0 radical (unpaired) electrons. The predicted molar refractivity (Wildman–Crippen MR) is 183 cm³/mol. The molecule has 45 heavy (non-hydrogen) atoms. The van der Waals surface area contributed by atoms with Crippen LogP contribution in [0.25, 0.3) is 60.5 Å². The van der Waals surface area contributed by atoms with E-state index in [1.807, 2.05) is 12.1 Å². The molecule has 2 nitrogen and oxygen atoms in total. The van der Waals surface area contributed by atoms with Crippen molar-refractivity contribution in [3.8, 4) is 55.6 Å². The van der Waals surface area contributed by atoms with E-state index < -0.39 is 5.41 Å². The summed E-state index contributed by atoms with van der Waals surface area (Å²) in [5.74, 6) is 0.406. The molecule has 0 amide bonds. The predicted octanol–water partition coefficient (Wildman–Crippen LogP) is 11.0. The summed E-state index contributed by atoms with van der Waals surface area (Å²) < 4.78 is 0. The highest BCUT2D eigenvalue weighted by Gasteiger charge is 2.51. The van der Waals surface area contributed by atoms with Crippen LogP contribution in [-0.4, -0.2) is 4.98 Å². The first-order chi connectivity index (χ1) is 22.3. The number of rotatable bonds is 3. The van der Waals surface area contributed by atoms with Crippen molar-refractivity contribution in [2.24, 2.45) is 0 Å². The van der Waals surface area contributed by atoms with Crippen LogP contribution >= 0.6 is 0 Å². The van der Waals surface area contributed by atoms with Gasteiger partial charge in [0.1, 0.15) is 6.20 Å². The van der Waals surface area contributed by atoms with Crippen molar-refractivity contribution in [2.45, 2.75) is 5.41 Å². The van der Waals surface area contributed by atoms with Gasteiger partial charge in [-0.05, 0) is 108 Å². The largest absolute Gasteiger partial charge is 0.361 e. The van der Waals surface area contributed by atoms with E-state index in [2.05, 4.69) is 149 Å². The van der Waals surface area contributed by atoms with Crippen LogP contribution in [0, 0.1) is 6.57 Å². The van der Waals surface area contributed by atoms with Gasteiger partial charge < -0.3 is 4.85 Å². The van der Waals surface area contributed by atoms with Gasteiger partial charge >= 0.3 is 0 Å². The van der Waals surface area contributed by atoms with Crippen LogP contribution in [0.4, 0.5) is 5.82 Å². The van der Waals surface area contributed by atoms with Gasteiger partial charge in [-0.15, -0.1) is 4.98 Å². The fourth-order valence-electron chi connectivity index (χ4n) is 7.67. The van der Waals surface area contributed by atoms with Crippen LogP contribution in [0.1, 0.15) is 22.3 Å². The lowest BCUT2D eigenvalue weighted by Gasteiger charge is -2.31. The van der Waals surface area contributed by atoms with Crippen LogP contribution < -0.4 is 0 Å². The third-order valence-corrected chi connectivity index (χ3v) is 9.59. The minimum absolute atomic E-state index is 0.406. The van der Waals surface area contributed by atoms with Gasteiger partial charge in [0.25, 0.3) is 5.82 Å². The smallest absolute Gasteiger partial charge is 0.270 e. The van der Waals surface area contributed by atoms with E-state index in [1.54, 1.807) is 6.20 Å². The average Bonchev–Trinajstić information content (AvgIpc) is 3.59. The molecule has 0 fully saturated rings. The van der Waals surface area contributed by atoms with Gasteiger partial charge in [-0.2, -0.15) is 0 Å². The van der Waals surface area contributed by atoms with Crippen LogP contribution in [0.2, 0.25) is 0 Å². The molecule has 0 aliphatic heterocycles. The second kappa shape index (κ2) is 9.74. The summed E-state index contributed by atoms with van der Waals surface area (Å²) in [5, 5.41) is 0. The first kappa shape index (κ1) is 25.5. The Morgan fingerprint density at radius 3 is 1.51 bits per heavy atom. The number of hydrogen-bond acceptors (Lipinski definition) is 1. The Labute approximate surface area is 262 Å². The first-order valence-corrected chi connectivity index (χ1v) is 15.2. The zero-order chi connectivity index (χ0) is 30.0. The highest BCUT2D eigenvalue weighted by atomic mass is 14.8. The van der Waals surface area contributed by atoms with E-state index in [0.717, 1.165) is 16.7 Å². The minimum atomic E-state index is -0.425. The van der Waals surface area contributed by atoms with Gasteiger partial charge in [-0.3, -0.25) is 0 Å². The summed E-state index contributed by atoms with van der Waals surface area (Å²) in [7, 11) is 0. The maximum absolute atomic E-state index is 7.41. The van der Waals surface area contributed by atoms with Gasteiger partial charge in [0.05, 0.1) is 5.41 Å². The fourth-order valence-corrected chi connectivity index (χ4v) is 7.67. The van der Waals surface area contributed by atoms with Crippen LogP contribution in [0.3, 0.4) is 0 Å². The third-order valence-electron chi connectivity index (χ3n) is 9.59. The van der Waals surface area contributed by atoms with Gasteiger partial charge in [0, 0.05) is 0 Å². The second-order valence-electron chi connectivity index (χ2n) is 11.8. The molecule has 0 unspecified atom stereocenters. The SMILES string of the molecule is [C-]#[N+]c1cc(-c2cccc(-c3ccc4c(c3)C3(c5ccccc5-c5ccccc53)c3cc(-c5ccccc5)ccc3-4)c2)ccn1. The molecule has 1 heterocycles. The summed E-state index contributed by atoms with van der Waals surface area (Å²) in [6.45, 7) is 7.41. The Balaban J connectivity index is 1.30. The molecule has 2 aliphatic carbocycles. The zero-order valence-corrected chi connectivity index (χ0v) is 24.4. The van der Waals surface area contributed by atoms with E-state index in [0.29, 0.717) is 5.82 Å². The topological polar surface area (TPSA) is 17.2 Å². The quantitative estimate of drug-likeness (QED) is 0.193. The maximum atomic E-state index is 7.41. The molecule has 0 N–H and O–H groups in total. The lowest BCUT2D eigenvalue weighted by molar-refractivity contribution is 0.794. The number of pyridine rings is 1. The lowest BCUT2D eigenvalue weighted by Crippen LogP contribution is -2.26. The van der Waals surface area contributed by atoms with Crippen molar-refractivity contribution in [2.75, 3.05) is 0 Å². The minimum Gasteiger partial charge on any atom is -0.361 e. The molecule has 208 valence electrons. The van der Waals surface area contributed by atoms with Gasteiger partial charge in [0.15, 0.2) is 0 Å². The lowest BCUT2D eigenvalue weighted by atomic mass is 9.70. The molecule has 6 aromatic carbocycles. The molecule has 1 aromatic heterocycles. The van der Waals surface area contributed by atoms with Crippen molar-refractivity contribution < 1.29 is 0 Å². The summed E-state index contributed by atoms with van der Waals surface area (Å²) in [6.07, 6.45) is 1.71. The summed E-state index contributed by atoms with van der Waals surface area (Å²) >= 11 is 0. The number of fused-ring (bicyclic) bond motifs is 10.